The molecule has 2 aromatic rings. The second-order valence-electron chi connectivity index (χ2n) is 10.1. The highest BCUT2D eigenvalue weighted by Crippen LogP contribution is 2.34. The number of benzene rings is 1. The van der Waals surface area contributed by atoms with Crippen molar-refractivity contribution in [2.24, 2.45) is 5.41 Å². The van der Waals surface area contributed by atoms with E-state index < -0.39 is 11.0 Å². The average molecular weight is 419 g/mol. The van der Waals surface area contributed by atoms with Crippen LogP contribution in [0, 0.1) is 12.3 Å². The van der Waals surface area contributed by atoms with Crippen molar-refractivity contribution in [1.29, 1.82) is 0 Å². The van der Waals surface area contributed by atoms with Crippen LogP contribution in [0.1, 0.15) is 71.6 Å². The lowest BCUT2D eigenvalue weighted by molar-refractivity contribution is 0.274. The number of piperidine rings is 1. The van der Waals surface area contributed by atoms with Crippen LogP contribution in [0.25, 0.3) is 11.0 Å². The molecule has 1 aromatic carbocycles. The SMILES string of the molecule is Cc1cc([C@@H](C)NS(=O)C(C)(C)C)c2oc(N3CCC(C)(C)CC3)cc(=O)c2c1. The summed E-state index contributed by atoms with van der Waals surface area (Å²) >= 11 is 0. The number of rotatable bonds is 4. The standard InChI is InChI=1S/C23H34N2O3S/c1-15-12-17(16(2)24-29(27)22(3,4)5)21-18(13-15)19(26)14-20(28-21)25-10-8-23(6,7)9-11-25/h12-14,16,24H,8-11H2,1-7H3/t16-,29?/m1/s1. The van der Waals surface area contributed by atoms with Gasteiger partial charge in [-0.05, 0) is 64.5 Å². The van der Waals surface area contributed by atoms with E-state index in [1.807, 2.05) is 46.8 Å². The van der Waals surface area contributed by atoms with Crippen molar-refractivity contribution in [3.8, 4) is 0 Å². The minimum absolute atomic E-state index is 0.0276. The molecule has 1 aliphatic heterocycles. The number of hydrogen-bond donors (Lipinski definition) is 1. The molecule has 1 aromatic heterocycles. The summed E-state index contributed by atoms with van der Waals surface area (Å²) in [7, 11) is -1.22. The van der Waals surface area contributed by atoms with E-state index in [4.69, 9.17) is 4.42 Å². The fraction of sp³-hybridized carbons (Fsp3) is 0.609. The monoisotopic (exact) mass is 418 g/mol. The topological polar surface area (TPSA) is 62.6 Å². The number of aryl methyl sites for hydroxylation is 1. The predicted molar refractivity (Wildman–Crippen MR) is 122 cm³/mol. The van der Waals surface area contributed by atoms with Gasteiger partial charge in [-0.2, -0.15) is 0 Å². The highest BCUT2D eigenvalue weighted by atomic mass is 32.2. The van der Waals surface area contributed by atoms with Gasteiger partial charge >= 0.3 is 0 Å². The third-order valence-electron chi connectivity index (χ3n) is 5.72. The van der Waals surface area contributed by atoms with Gasteiger partial charge in [0.2, 0.25) is 0 Å². The van der Waals surface area contributed by atoms with Crippen molar-refractivity contribution >= 4 is 27.8 Å². The quantitative estimate of drug-likeness (QED) is 0.772. The minimum atomic E-state index is -1.22. The van der Waals surface area contributed by atoms with Gasteiger partial charge < -0.3 is 9.32 Å². The van der Waals surface area contributed by atoms with Crippen LogP contribution in [0.4, 0.5) is 5.88 Å². The smallest absolute Gasteiger partial charge is 0.200 e. The molecule has 1 saturated heterocycles. The molecule has 0 amide bonds. The van der Waals surface area contributed by atoms with Crippen LogP contribution in [-0.2, 0) is 11.0 Å². The molecule has 1 fully saturated rings. The van der Waals surface area contributed by atoms with E-state index in [1.54, 1.807) is 6.07 Å². The Morgan fingerprint density at radius 2 is 1.79 bits per heavy atom. The molecule has 3 rings (SSSR count). The lowest BCUT2D eigenvalue weighted by Gasteiger charge is -2.37. The zero-order valence-electron chi connectivity index (χ0n) is 18.7. The molecule has 2 atom stereocenters. The van der Waals surface area contributed by atoms with Crippen LogP contribution in [0.2, 0.25) is 0 Å². The summed E-state index contributed by atoms with van der Waals surface area (Å²) in [5, 5.41) is 0.580. The Labute approximate surface area is 176 Å². The Balaban J connectivity index is 2.03. The molecule has 2 heterocycles. The van der Waals surface area contributed by atoms with E-state index in [2.05, 4.69) is 23.5 Å². The van der Waals surface area contributed by atoms with Crippen molar-refractivity contribution in [3.63, 3.8) is 0 Å². The predicted octanol–water partition coefficient (Wildman–Crippen LogP) is 4.84. The fourth-order valence-corrected chi connectivity index (χ4v) is 4.43. The van der Waals surface area contributed by atoms with E-state index in [-0.39, 0.29) is 16.2 Å². The van der Waals surface area contributed by atoms with Gasteiger partial charge in [0.05, 0.1) is 21.1 Å². The lowest BCUT2D eigenvalue weighted by Crippen LogP contribution is -2.37. The second-order valence-corrected chi connectivity index (χ2v) is 12.0. The first-order valence-electron chi connectivity index (χ1n) is 10.4. The number of nitrogens with one attached hydrogen (secondary N) is 1. The van der Waals surface area contributed by atoms with Gasteiger partial charge in [-0.1, -0.05) is 19.9 Å². The van der Waals surface area contributed by atoms with Crippen molar-refractivity contribution < 1.29 is 8.63 Å². The third-order valence-corrected chi connectivity index (χ3v) is 7.40. The number of anilines is 1. The van der Waals surface area contributed by atoms with Gasteiger partial charge in [0.25, 0.3) is 0 Å². The highest BCUT2D eigenvalue weighted by Gasteiger charge is 2.28. The summed E-state index contributed by atoms with van der Waals surface area (Å²) in [5.41, 5.74) is 2.75. The van der Waals surface area contributed by atoms with E-state index in [9.17, 15) is 9.00 Å². The summed E-state index contributed by atoms with van der Waals surface area (Å²) in [4.78, 5) is 15.1. The van der Waals surface area contributed by atoms with E-state index >= 15 is 0 Å². The molecule has 5 nitrogen and oxygen atoms in total. The van der Waals surface area contributed by atoms with E-state index in [0.717, 1.165) is 37.1 Å². The molecule has 0 bridgehead atoms. The largest absolute Gasteiger partial charge is 0.440 e. The highest BCUT2D eigenvalue weighted by molar-refractivity contribution is 7.84. The molecular formula is C23H34N2O3S. The molecule has 1 N–H and O–H groups in total. The average Bonchev–Trinajstić information content (AvgIpc) is 2.60. The van der Waals surface area contributed by atoms with E-state index in [0.29, 0.717) is 22.3 Å². The maximum absolute atomic E-state index is 12.9. The van der Waals surface area contributed by atoms with Crippen molar-refractivity contribution in [2.45, 2.75) is 72.1 Å². The first-order chi connectivity index (χ1) is 13.4. The van der Waals surface area contributed by atoms with Crippen molar-refractivity contribution in [1.82, 2.24) is 4.72 Å². The molecular weight excluding hydrogens is 384 g/mol. The molecule has 1 unspecified atom stereocenters. The first-order valence-corrected chi connectivity index (χ1v) is 11.5. The molecule has 1 aliphatic rings. The summed E-state index contributed by atoms with van der Waals surface area (Å²) in [6.07, 6.45) is 2.13. The van der Waals surface area contributed by atoms with Crippen LogP contribution < -0.4 is 15.1 Å². The maximum Gasteiger partial charge on any atom is 0.200 e. The van der Waals surface area contributed by atoms with Crippen LogP contribution in [0.15, 0.2) is 27.4 Å². The fourth-order valence-electron chi connectivity index (χ4n) is 3.63. The Kier molecular flexibility index (Phi) is 5.98. The summed E-state index contributed by atoms with van der Waals surface area (Å²) in [6.45, 7) is 16.1. The summed E-state index contributed by atoms with van der Waals surface area (Å²) in [5.74, 6) is 0.632. The van der Waals surface area contributed by atoms with Crippen molar-refractivity contribution in [2.75, 3.05) is 18.0 Å². The minimum Gasteiger partial charge on any atom is -0.440 e. The summed E-state index contributed by atoms with van der Waals surface area (Å²) in [6, 6.07) is 5.30. The maximum atomic E-state index is 12.9. The van der Waals surface area contributed by atoms with Gasteiger partial charge in [-0.15, -0.1) is 0 Å². The van der Waals surface area contributed by atoms with Crippen LogP contribution in [0.5, 0.6) is 0 Å². The normalized spacial score (nSPS) is 19.3. The van der Waals surface area contributed by atoms with Gasteiger partial charge in [0.1, 0.15) is 5.58 Å². The number of fused-ring (bicyclic) bond motifs is 1. The Bertz CT molecular complexity index is 978. The van der Waals surface area contributed by atoms with Crippen LogP contribution in [-0.4, -0.2) is 22.0 Å². The van der Waals surface area contributed by atoms with Gasteiger partial charge in [0.15, 0.2) is 11.3 Å². The van der Waals surface area contributed by atoms with Crippen molar-refractivity contribution in [3.05, 3.63) is 39.5 Å². The van der Waals surface area contributed by atoms with Crippen LogP contribution >= 0.6 is 0 Å². The first kappa shape index (κ1) is 22.0. The molecule has 0 saturated carbocycles. The molecule has 0 aliphatic carbocycles. The van der Waals surface area contributed by atoms with Gasteiger partial charge in [-0.3, -0.25) is 4.79 Å². The Morgan fingerprint density at radius 3 is 2.38 bits per heavy atom. The Hall–Kier alpha value is -1.66. The van der Waals surface area contributed by atoms with Gasteiger partial charge in [0, 0.05) is 30.8 Å². The van der Waals surface area contributed by atoms with Crippen LogP contribution in [0.3, 0.4) is 0 Å². The second kappa shape index (κ2) is 7.88. The van der Waals surface area contributed by atoms with Gasteiger partial charge in [-0.25, -0.2) is 8.93 Å². The molecule has 29 heavy (non-hydrogen) atoms. The zero-order chi connectivity index (χ0) is 21.6. The lowest BCUT2D eigenvalue weighted by atomic mass is 9.83. The third kappa shape index (κ3) is 4.92. The zero-order valence-corrected chi connectivity index (χ0v) is 19.5. The van der Waals surface area contributed by atoms with E-state index in [1.165, 1.54) is 0 Å². The number of hydrogen-bond acceptors (Lipinski definition) is 4. The summed E-state index contributed by atoms with van der Waals surface area (Å²) < 4.78 is 21.7. The molecule has 0 spiro atoms. The molecule has 6 heteroatoms. The molecule has 160 valence electrons. The number of nitrogens with zero attached hydrogens (tertiary/aromatic N) is 1. The Morgan fingerprint density at radius 1 is 1.17 bits per heavy atom. The molecule has 0 radical (unpaired) electrons.